The van der Waals surface area contributed by atoms with Gasteiger partial charge in [-0.3, -0.25) is 9.69 Å². The number of aliphatic hydroxyl groups is 1. The molecule has 5 heteroatoms. The Morgan fingerprint density at radius 2 is 2.18 bits per heavy atom. The lowest BCUT2D eigenvalue weighted by Crippen LogP contribution is -2.34. The van der Waals surface area contributed by atoms with Crippen molar-refractivity contribution in [3.63, 3.8) is 0 Å². The summed E-state index contributed by atoms with van der Waals surface area (Å²) in [6.45, 7) is 2.36. The second-order valence-corrected chi connectivity index (χ2v) is 4.48. The molecule has 17 heavy (non-hydrogen) atoms. The molecule has 0 aliphatic heterocycles. The van der Waals surface area contributed by atoms with E-state index in [-0.39, 0.29) is 12.5 Å². The maximum absolute atomic E-state index is 11.7. The summed E-state index contributed by atoms with van der Waals surface area (Å²) in [5, 5.41) is 12.4. The molecule has 1 unspecified atom stereocenters. The van der Waals surface area contributed by atoms with Crippen molar-refractivity contribution in [2.24, 2.45) is 0 Å². The fourth-order valence-corrected chi connectivity index (χ4v) is 1.70. The standard InChI is InChI=1S/C12H17ClN2O2/c1-9(16)7-15(2)8-12(17)14-11-6-4-3-5-10(11)13/h3-6,9,16H,7-8H2,1-2H3,(H,14,17). The van der Waals surface area contributed by atoms with Gasteiger partial charge in [0.1, 0.15) is 0 Å². The van der Waals surface area contributed by atoms with Crippen molar-refractivity contribution in [2.45, 2.75) is 13.0 Å². The Hall–Kier alpha value is -1.10. The number of aliphatic hydroxyl groups excluding tert-OH is 1. The van der Waals surface area contributed by atoms with Crippen LogP contribution in [0.2, 0.25) is 5.02 Å². The number of amides is 1. The SMILES string of the molecule is CC(O)CN(C)CC(=O)Nc1ccccc1Cl. The average molecular weight is 257 g/mol. The smallest absolute Gasteiger partial charge is 0.238 e. The van der Waals surface area contributed by atoms with E-state index in [1.165, 1.54) is 0 Å². The van der Waals surface area contributed by atoms with Crippen LogP contribution in [0.1, 0.15) is 6.92 Å². The number of likely N-dealkylation sites (N-methyl/N-ethyl adjacent to an activating group) is 1. The van der Waals surface area contributed by atoms with Gasteiger partial charge in [-0.05, 0) is 26.1 Å². The topological polar surface area (TPSA) is 52.6 Å². The van der Waals surface area contributed by atoms with E-state index in [0.29, 0.717) is 17.3 Å². The van der Waals surface area contributed by atoms with Crippen molar-refractivity contribution in [3.8, 4) is 0 Å². The molecule has 1 amide bonds. The molecule has 94 valence electrons. The van der Waals surface area contributed by atoms with Gasteiger partial charge in [-0.2, -0.15) is 0 Å². The molecule has 1 rings (SSSR count). The predicted octanol–water partition coefficient (Wildman–Crippen LogP) is 1.59. The molecular weight excluding hydrogens is 240 g/mol. The van der Waals surface area contributed by atoms with Gasteiger partial charge in [-0.25, -0.2) is 0 Å². The van der Waals surface area contributed by atoms with E-state index in [9.17, 15) is 9.90 Å². The van der Waals surface area contributed by atoms with Gasteiger partial charge in [0.15, 0.2) is 0 Å². The highest BCUT2D eigenvalue weighted by atomic mass is 35.5. The van der Waals surface area contributed by atoms with Gasteiger partial charge in [0.2, 0.25) is 5.91 Å². The molecule has 1 aromatic carbocycles. The molecule has 2 N–H and O–H groups in total. The second kappa shape index (κ2) is 6.59. The van der Waals surface area contributed by atoms with E-state index in [1.54, 1.807) is 43.1 Å². The van der Waals surface area contributed by atoms with Crippen LogP contribution in [0, 0.1) is 0 Å². The summed E-state index contributed by atoms with van der Waals surface area (Å²) < 4.78 is 0. The maximum atomic E-state index is 11.7. The van der Waals surface area contributed by atoms with E-state index in [0.717, 1.165) is 0 Å². The van der Waals surface area contributed by atoms with Crippen molar-refractivity contribution < 1.29 is 9.90 Å². The van der Waals surface area contributed by atoms with Gasteiger partial charge in [0, 0.05) is 6.54 Å². The minimum atomic E-state index is -0.451. The molecule has 0 fully saturated rings. The van der Waals surface area contributed by atoms with E-state index < -0.39 is 6.10 Å². The zero-order valence-corrected chi connectivity index (χ0v) is 10.7. The van der Waals surface area contributed by atoms with Crippen molar-refractivity contribution >= 4 is 23.2 Å². The van der Waals surface area contributed by atoms with Crippen LogP contribution in [0.25, 0.3) is 0 Å². The van der Waals surface area contributed by atoms with Crippen LogP contribution in [0.4, 0.5) is 5.69 Å². The molecule has 0 heterocycles. The van der Waals surface area contributed by atoms with Crippen molar-refractivity contribution in [1.82, 2.24) is 4.90 Å². The molecule has 0 radical (unpaired) electrons. The monoisotopic (exact) mass is 256 g/mol. The second-order valence-electron chi connectivity index (χ2n) is 4.07. The van der Waals surface area contributed by atoms with Gasteiger partial charge in [0.25, 0.3) is 0 Å². The lowest BCUT2D eigenvalue weighted by Gasteiger charge is -2.17. The number of anilines is 1. The Morgan fingerprint density at radius 3 is 2.76 bits per heavy atom. The number of hydrogen-bond donors (Lipinski definition) is 2. The van der Waals surface area contributed by atoms with Gasteiger partial charge >= 0.3 is 0 Å². The molecule has 0 bridgehead atoms. The molecule has 0 saturated heterocycles. The lowest BCUT2D eigenvalue weighted by atomic mass is 10.3. The van der Waals surface area contributed by atoms with Crippen LogP contribution >= 0.6 is 11.6 Å². The Kier molecular flexibility index (Phi) is 5.41. The molecule has 0 aromatic heterocycles. The summed E-state index contributed by atoms with van der Waals surface area (Å²) in [5.74, 6) is -0.152. The first-order valence-electron chi connectivity index (χ1n) is 5.40. The number of rotatable bonds is 5. The largest absolute Gasteiger partial charge is 0.392 e. The van der Waals surface area contributed by atoms with Gasteiger partial charge < -0.3 is 10.4 Å². The minimum absolute atomic E-state index is 0.152. The van der Waals surface area contributed by atoms with Crippen molar-refractivity contribution in [3.05, 3.63) is 29.3 Å². The summed E-state index contributed by atoms with van der Waals surface area (Å²) in [6.07, 6.45) is -0.451. The highest BCUT2D eigenvalue weighted by molar-refractivity contribution is 6.33. The quantitative estimate of drug-likeness (QED) is 0.841. The summed E-state index contributed by atoms with van der Waals surface area (Å²) in [5.41, 5.74) is 0.601. The zero-order valence-electron chi connectivity index (χ0n) is 9.98. The summed E-state index contributed by atoms with van der Waals surface area (Å²) >= 11 is 5.92. The van der Waals surface area contributed by atoms with Crippen molar-refractivity contribution in [2.75, 3.05) is 25.5 Å². The van der Waals surface area contributed by atoms with Crippen molar-refractivity contribution in [1.29, 1.82) is 0 Å². The fraction of sp³-hybridized carbons (Fsp3) is 0.417. The number of carbonyl (C=O) groups is 1. The first-order chi connectivity index (χ1) is 7.99. The predicted molar refractivity (Wildman–Crippen MR) is 69.3 cm³/mol. The number of nitrogens with zero attached hydrogens (tertiary/aromatic N) is 1. The Morgan fingerprint density at radius 1 is 1.53 bits per heavy atom. The van der Waals surface area contributed by atoms with E-state index in [2.05, 4.69) is 5.32 Å². The third-order valence-corrected chi connectivity index (χ3v) is 2.47. The number of carbonyl (C=O) groups excluding carboxylic acids is 1. The number of halogens is 1. The normalized spacial score (nSPS) is 12.5. The van der Waals surface area contributed by atoms with Crippen LogP contribution in [0.15, 0.2) is 24.3 Å². The number of benzene rings is 1. The first-order valence-corrected chi connectivity index (χ1v) is 5.78. The maximum Gasteiger partial charge on any atom is 0.238 e. The van der Waals surface area contributed by atoms with Crippen LogP contribution in [0.3, 0.4) is 0 Å². The molecule has 0 aliphatic carbocycles. The molecule has 0 spiro atoms. The summed E-state index contributed by atoms with van der Waals surface area (Å²) in [4.78, 5) is 13.4. The highest BCUT2D eigenvalue weighted by Gasteiger charge is 2.09. The Balaban J connectivity index is 2.47. The molecule has 1 atom stereocenters. The van der Waals surface area contributed by atoms with E-state index in [4.69, 9.17) is 11.6 Å². The summed E-state index contributed by atoms with van der Waals surface area (Å²) in [6, 6.07) is 7.07. The van der Waals surface area contributed by atoms with Crippen LogP contribution in [0.5, 0.6) is 0 Å². The van der Waals surface area contributed by atoms with E-state index in [1.807, 2.05) is 0 Å². The lowest BCUT2D eigenvalue weighted by molar-refractivity contribution is -0.117. The van der Waals surface area contributed by atoms with Gasteiger partial charge in [-0.15, -0.1) is 0 Å². The Bertz CT molecular complexity index is 383. The fourth-order valence-electron chi connectivity index (χ4n) is 1.51. The zero-order chi connectivity index (χ0) is 12.8. The average Bonchev–Trinajstić information content (AvgIpc) is 2.19. The Labute approximate surface area is 106 Å². The third kappa shape index (κ3) is 5.17. The molecule has 0 aliphatic rings. The molecule has 4 nitrogen and oxygen atoms in total. The number of hydrogen-bond acceptors (Lipinski definition) is 3. The van der Waals surface area contributed by atoms with Crippen LogP contribution in [-0.2, 0) is 4.79 Å². The van der Waals surface area contributed by atoms with Crippen LogP contribution < -0.4 is 5.32 Å². The minimum Gasteiger partial charge on any atom is -0.392 e. The first kappa shape index (κ1) is 14.0. The molecular formula is C12H17ClN2O2. The van der Waals surface area contributed by atoms with Gasteiger partial charge in [-0.1, -0.05) is 23.7 Å². The number of nitrogens with one attached hydrogen (secondary N) is 1. The number of para-hydroxylation sites is 1. The van der Waals surface area contributed by atoms with Gasteiger partial charge in [0.05, 0.1) is 23.4 Å². The highest BCUT2D eigenvalue weighted by Crippen LogP contribution is 2.20. The molecule has 1 aromatic rings. The third-order valence-electron chi connectivity index (χ3n) is 2.14. The molecule has 0 saturated carbocycles. The van der Waals surface area contributed by atoms with Crippen LogP contribution in [-0.4, -0.2) is 42.2 Å². The van der Waals surface area contributed by atoms with E-state index >= 15 is 0 Å². The summed E-state index contributed by atoms with van der Waals surface area (Å²) in [7, 11) is 1.78.